The van der Waals surface area contributed by atoms with Crippen LogP contribution in [0.15, 0.2) is 23.8 Å². The van der Waals surface area contributed by atoms with Crippen molar-refractivity contribution in [3.05, 3.63) is 23.8 Å². The van der Waals surface area contributed by atoms with Crippen molar-refractivity contribution < 1.29 is 4.43 Å². The van der Waals surface area contributed by atoms with Gasteiger partial charge in [-0.05, 0) is 111 Å². The topological polar surface area (TPSA) is 9.23 Å². The van der Waals surface area contributed by atoms with Crippen LogP contribution in [0, 0.1) is 34.5 Å². The van der Waals surface area contributed by atoms with Crippen LogP contribution in [0.1, 0.15) is 65.2 Å². The highest BCUT2D eigenvalue weighted by Gasteiger charge is 2.57. The third-order valence-corrected chi connectivity index (χ3v) is 9.92. The predicted molar refractivity (Wildman–Crippen MR) is 114 cm³/mol. The minimum Gasteiger partial charge on any atom is -0.418 e. The average molecular weight is 373 g/mol. The minimum absolute atomic E-state index is 0.470. The Hall–Kier alpha value is -0.343. The molecule has 4 aliphatic carbocycles. The lowest BCUT2D eigenvalue weighted by molar-refractivity contribution is -0.0383. The average Bonchev–Trinajstić information content (AvgIpc) is 2.90. The van der Waals surface area contributed by atoms with E-state index in [0.717, 1.165) is 30.3 Å². The molecule has 2 heteroatoms. The molecule has 0 amide bonds. The fraction of sp³-hybridized carbons (Fsp3) is 0.833. The van der Waals surface area contributed by atoms with Crippen LogP contribution in [0.4, 0.5) is 0 Å². The molecule has 146 valence electrons. The molecule has 0 aromatic carbocycles. The first-order chi connectivity index (χ1) is 12.2. The maximum absolute atomic E-state index is 6.23. The Morgan fingerprint density at radius 2 is 1.88 bits per heavy atom. The summed E-state index contributed by atoms with van der Waals surface area (Å²) in [5.74, 6) is 3.73. The SMILES string of the molecule is CC12CCC=CC1=CCC1C2CCC2(C)C(CCO[Si](C)(C)C)CCC12. The zero-order valence-electron chi connectivity index (χ0n) is 17.8. The molecule has 0 saturated heterocycles. The van der Waals surface area contributed by atoms with E-state index in [9.17, 15) is 0 Å². The van der Waals surface area contributed by atoms with Crippen LogP contribution in [0.25, 0.3) is 0 Å². The van der Waals surface area contributed by atoms with Crippen LogP contribution in [0.5, 0.6) is 0 Å². The lowest BCUT2D eigenvalue weighted by Gasteiger charge is -2.57. The summed E-state index contributed by atoms with van der Waals surface area (Å²) in [7, 11) is -1.37. The summed E-state index contributed by atoms with van der Waals surface area (Å²) in [5.41, 5.74) is 2.72. The highest BCUT2D eigenvalue weighted by atomic mass is 28.4. The fourth-order valence-corrected chi connectivity index (χ4v) is 8.12. The van der Waals surface area contributed by atoms with Gasteiger partial charge in [0.1, 0.15) is 0 Å². The van der Waals surface area contributed by atoms with Gasteiger partial charge in [0.15, 0.2) is 8.32 Å². The van der Waals surface area contributed by atoms with Crippen molar-refractivity contribution in [2.75, 3.05) is 6.61 Å². The van der Waals surface area contributed by atoms with Crippen molar-refractivity contribution in [2.24, 2.45) is 34.5 Å². The van der Waals surface area contributed by atoms with E-state index in [1.165, 1.54) is 51.4 Å². The van der Waals surface area contributed by atoms with Crippen LogP contribution >= 0.6 is 0 Å². The number of fused-ring (bicyclic) bond motifs is 5. The maximum Gasteiger partial charge on any atom is 0.183 e. The van der Waals surface area contributed by atoms with Crippen molar-refractivity contribution in [1.29, 1.82) is 0 Å². The van der Waals surface area contributed by atoms with Crippen LogP contribution in [0.3, 0.4) is 0 Å². The molecule has 0 N–H and O–H groups in total. The lowest BCUT2D eigenvalue weighted by atomic mass is 9.48. The second kappa shape index (κ2) is 6.62. The van der Waals surface area contributed by atoms with E-state index < -0.39 is 8.32 Å². The highest BCUT2D eigenvalue weighted by Crippen LogP contribution is 2.66. The van der Waals surface area contributed by atoms with Crippen molar-refractivity contribution in [2.45, 2.75) is 84.9 Å². The first-order valence-electron chi connectivity index (χ1n) is 11.3. The zero-order chi connectivity index (χ0) is 18.6. The largest absolute Gasteiger partial charge is 0.418 e. The van der Waals surface area contributed by atoms with Gasteiger partial charge in [-0.2, -0.15) is 0 Å². The van der Waals surface area contributed by atoms with E-state index in [1.807, 2.05) is 0 Å². The van der Waals surface area contributed by atoms with Crippen molar-refractivity contribution in [3.63, 3.8) is 0 Å². The molecule has 0 aliphatic heterocycles. The second-order valence-corrected chi connectivity index (χ2v) is 15.7. The van der Waals surface area contributed by atoms with Gasteiger partial charge < -0.3 is 4.43 Å². The third kappa shape index (κ3) is 3.09. The Labute approximate surface area is 162 Å². The summed E-state index contributed by atoms with van der Waals surface area (Å²) in [6.07, 6.45) is 18.7. The summed E-state index contributed by atoms with van der Waals surface area (Å²) in [6.45, 7) is 13.2. The summed E-state index contributed by atoms with van der Waals surface area (Å²) in [6, 6.07) is 0. The quantitative estimate of drug-likeness (QED) is 0.484. The van der Waals surface area contributed by atoms with Crippen LogP contribution in [0.2, 0.25) is 19.6 Å². The van der Waals surface area contributed by atoms with Gasteiger partial charge in [0.2, 0.25) is 0 Å². The molecule has 6 unspecified atom stereocenters. The van der Waals surface area contributed by atoms with Gasteiger partial charge in [0.05, 0.1) is 0 Å². The fourth-order valence-electron chi connectivity index (χ4n) is 7.39. The number of allylic oxidation sites excluding steroid dienone is 4. The predicted octanol–water partition coefficient (Wildman–Crippen LogP) is 6.97. The van der Waals surface area contributed by atoms with Crippen LogP contribution in [-0.4, -0.2) is 14.9 Å². The third-order valence-electron chi connectivity index (χ3n) is 8.85. The molecule has 4 rings (SSSR count). The monoisotopic (exact) mass is 372 g/mol. The van der Waals surface area contributed by atoms with E-state index in [4.69, 9.17) is 4.43 Å². The normalized spacial score (nSPS) is 44.9. The molecule has 6 atom stereocenters. The van der Waals surface area contributed by atoms with Gasteiger partial charge in [-0.15, -0.1) is 0 Å². The Kier molecular flexibility index (Phi) is 4.84. The molecule has 2 fully saturated rings. The van der Waals surface area contributed by atoms with Crippen LogP contribution in [-0.2, 0) is 4.43 Å². The van der Waals surface area contributed by atoms with Crippen LogP contribution < -0.4 is 0 Å². The van der Waals surface area contributed by atoms with Gasteiger partial charge in [-0.1, -0.05) is 32.1 Å². The Morgan fingerprint density at radius 3 is 2.65 bits per heavy atom. The van der Waals surface area contributed by atoms with E-state index in [-0.39, 0.29) is 0 Å². The number of hydrogen-bond acceptors (Lipinski definition) is 1. The molecule has 0 heterocycles. The summed E-state index contributed by atoms with van der Waals surface area (Å²) >= 11 is 0. The molecular weight excluding hydrogens is 332 g/mol. The minimum atomic E-state index is -1.37. The highest BCUT2D eigenvalue weighted by molar-refractivity contribution is 6.69. The summed E-state index contributed by atoms with van der Waals surface area (Å²) in [4.78, 5) is 0. The van der Waals surface area contributed by atoms with Gasteiger partial charge in [-0.3, -0.25) is 0 Å². The van der Waals surface area contributed by atoms with E-state index >= 15 is 0 Å². The Bertz CT molecular complexity index is 600. The second-order valence-electron chi connectivity index (χ2n) is 11.2. The zero-order valence-corrected chi connectivity index (χ0v) is 18.8. The van der Waals surface area contributed by atoms with Crippen molar-refractivity contribution in [3.8, 4) is 0 Å². The number of rotatable bonds is 4. The lowest BCUT2D eigenvalue weighted by Crippen LogP contribution is -2.49. The Balaban J connectivity index is 1.50. The summed E-state index contributed by atoms with van der Waals surface area (Å²) < 4.78 is 6.23. The van der Waals surface area contributed by atoms with Gasteiger partial charge >= 0.3 is 0 Å². The van der Waals surface area contributed by atoms with Gasteiger partial charge in [-0.25, -0.2) is 0 Å². The molecule has 0 radical (unpaired) electrons. The smallest absolute Gasteiger partial charge is 0.183 e. The van der Waals surface area contributed by atoms with Crippen molar-refractivity contribution >= 4 is 8.32 Å². The molecule has 0 aromatic heterocycles. The Morgan fingerprint density at radius 1 is 1.08 bits per heavy atom. The van der Waals surface area contributed by atoms with Crippen molar-refractivity contribution in [1.82, 2.24) is 0 Å². The molecule has 26 heavy (non-hydrogen) atoms. The van der Waals surface area contributed by atoms with Gasteiger partial charge in [0, 0.05) is 6.61 Å². The molecule has 4 aliphatic rings. The molecule has 0 bridgehead atoms. The standard InChI is InChI=1S/C24H40OSi/c1-23-15-7-6-8-18(23)9-11-20-21-12-10-19(14-17-25-26(3,4)5)24(21,2)16-13-22(20)23/h6,8-9,19-22H,7,10-17H2,1-5H3. The maximum atomic E-state index is 6.23. The van der Waals surface area contributed by atoms with E-state index in [2.05, 4.69) is 51.7 Å². The first kappa shape index (κ1) is 19.0. The van der Waals surface area contributed by atoms with E-state index in [1.54, 1.807) is 5.57 Å². The molecular formula is C24H40OSi. The first-order valence-corrected chi connectivity index (χ1v) is 14.7. The van der Waals surface area contributed by atoms with Gasteiger partial charge in [0.25, 0.3) is 0 Å². The molecule has 0 aromatic rings. The number of hydrogen-bond donors (Lipinski definition) is 0. The molecule has 2 saturated carbocycles. The molecule has 1 nitrogen and oxygen atoms in total. The van der Waals surface area contributed by atoms with E-state index in [0.29, 0.717) is 10.8 Å². The summed E-state index contributed by atoms with van der Waals surface area (Å²) in [5, 5.41) is 0. The molecule has 0 spiro atoms.